The predicted molar refractivity (Wildman–Crippen MR) is 84.2 cm³/mol. The van der Waals surface area contributed by atoms with Gasteiger partial charge in [-0.05, 0) is 52.7 Å². The minimum Gasteiger partial charge on any atom is -0.508 e. The molecule has 0 atom stereocenters. The highest BCUT2D eigenvalue weighted by molar-refractivity contribution is 9.10. The topological polar surface area (TPSA) is 41.5 Å². The second-order valence-corrected chi connectivity index (χ2v) is 5.49. The predicted octanol–water partition coefficient (Wildman–Crippen LogP) is 3.63. The van der Waals surface area contributed by atoms with Crippen LogP contribution in [0, 0.1) is 5.82 Å². The number of ether oxygens (including phenoxy) is 1. The Morgan fingerprint density at radius 3 is 2.71 bits per heavy atom. The van der Waals surface area contributed by atoms with Crippen LogP contribution in [0.1, 0.15) is 11.1 Å². The molecule has 2 aromatic carbocycles. The van der Waals surface area contributed by atoms with Crippen molar-refractivity contribution in [3.8, 4) is 11.5 Å². The Kier molecular flexibility index (Phi) is 5.59. The number of methoxy groups -OCH3 is 1. The third kappa shape index (κ3) is 4.19. The van der Waals surface area contributed by atoms with Crippen LogP contribution in [0.4, 0.5) is 4.39 Å². The zero-order valence-electron chi connectivity index (χ0n) is 11.7. The number of hydrogen-bond donors (Lipinski definition) is 2. The van der Waals surface area contributed by atoms with Gasteiger partial charge in [0.2, 0.25) is 0 Å². The number of phenols is 1. The fourth-order valence-corrected chi connectivity index (χ4v) is 2.38. The van der Waals surface area contributed by atoms with Crippen molar-refractivity contribution < 1.29 is 14.2 Å². The summed E-state index contributed by atoms with van der Waals surface area (Å²) in [6, 6.07) is 10.3. The molecule has 5 heteroatoms. The molecule has 0 aliphatic heterocycles. The average molecular weight is 353 g/mol. The number of halogens is 2. The van der Waals surface area contributed by atoms with Crippen LogP contribution in [0.15, 0.2) is 40.9 Å². The highest BCUT2D eigenvalue weighted by Gasteiger charge is 2.08. The molecule has 3 nitrogen and oxygen atoms in total. The summed E-state index contributed by atoms with van der Waals surface area (Å²) in [5.74, 6) is 0.636. The number of aromatic hydroxyl groups is 1. The van der Waals surface area contributed by atoms with Crippen LogP contribution in [-0.4, -0.2) is 18.8 Å². The third-order valence-corrected chi connectivity index (χ3v) is 3.81. The van der Waals surface area contributed by atoms with Gasteiger partial charge in [0, 0.05) is 12.1 Å². The molecule has 21 heavy (non-hydrogen) atoms. The summed E-state index contributed by atoms with van der Waals surface area (Å²) in [5.41, 5.74) is 1.65. The summed E-state index contributed by atoms with van der Waals surface area (Å²) in [7, 11) is 1.57. The van der Waals surface area contributed by atoms with Gasteiger partial charge in [-0.3, -0.25) is 0 Å². The van der Waals surface area contributed by atoms with Crippen molar-refractivity contribution in [1.82, 2.24) is 5.32 Å². The lowest BCUT2D eigenvalue weighted by Gasteiger charge is -2.11. The lowest BCUT2D eigenvalue weighted by Crippen LogP contribution is -2.17. The van der Waals surface area contributed by atoms with Crippen molar-refractivity contribution in [2.45, 2.75) is 13.0 Å². The smallest absolute Gasteiger partial charge is 0.137 e. The SMILES string of the molecule is COc1cc(Br)c([18F])cc1CCNCc1ccccc1O. The van der Waals surface area contributed by atoms with Gasteiger partial charge in [-0.25, -0.2) is 4.39 Å². The Morgan fingerprint density at radius 2 is 2.00 bits per heavy atom. The Labute approximate surface area is 131 Å². The molecule has 0 unspecified atom stereocenters. The Bertz CT molecular complexity index is 619. The second kappa shape index (κ2) is 7.43. The van der Waals surface area contributed by atoms with Gasteiger partial charge in [0.15, 0.2) is 0 Å². The second-order valence-electron chi connectivity index (χ2n) is 4.63. The van der Waals surface area contributed by atoms with E-state index in [2.05, 4.69) is 21.2 Å². The molecule has 0 aliphatic rings. The Morgan fingerprint density at radius 1 is 1.24 bits per heavy atom. The molecule has 112 valence electrons. The minimum absolute atomic E-state index is 0.275. The van der Waals surface area contributed by atoms with Gasteiger partial charge >= 0.3 is 0 Å². The van der Waals surface area contributed by atoms with Crippen LogP contribution in [0.3, 0.4) is 0 Å². The maximum absolute atomic E-state index is 13.6. The van der Waals surface area contributed by atoms with Crippen molar-refractivity contribution in [1.29, 1.82) is 0 Å². The summed E-state index contributed by atoms with van der Waals surface area (Å²) in [6.07, 6.45) is 0.640. The van der Waals surface area contributed by atoms with Crippen LogP contribution >= 0.6 is 15.9 Å². The largest absolute Gasteiger partial charge is 0.508 e. The fourth-order valence-electron chi connectivity index (χ4n) is 2.06. The molecule has 0 spiro atoms. The lowest BCUT2D eigenvalue weighted by atomic mass is 10.1. The monoisotopic (exact) mass is 352 g/mol. The molecule has 0 saturated heterocycles. The Hall–Kier alpha value is -1.59. The molecule has 0 aliphatic carbocycles. The molecule has 2 N–H and O–H groups in total. The number of nitrogens with one attached hydrogen (secondary N) is 1. The molecule has 2 aromatic rings. The van der Waals surface area contributed by atoms with Crippen molar-refractivity contribution in [3.63, 3.8) is 0 Å². The van der Waals surface area contributed by atoms with Crippen LogP contribution in [0.5, 0.6) is 11.5 Å². The quantitative estimate of drug-likeness (QED) is 0.780. The first-order valence-corrected chi connectivity index (χ1v) is 7.40. The van der Waals surface area contributed by atoms with Crippen molar-refractivity contribution in [3.05, 3.63) is 57.8 Å². The van der Waals surface area contributed by atoms with Crippen molar-refractivity contribution in [2.75, 3.05) is 13.7 Å². The third-order valence-electron chi connectivity index (χ3n) is 3.20. The summed E-state index contributed by atoms with van der Waals surface area (Å²) >= 11 is 3.14. The maximum atomic E-state index is 13.6. The van der Waals surface area contributed by atoms with E-state index in [0.717, 1.165) is 11.1 Å². The van der Waals surface area contributed by atoms with Gasteiger partial charge in [0.1, 0.15) is 17.3 Å². The van der Waals surface area contributed by atoms with Crippen molar-refractivity contribution in [2.24, 2.45) is 0 Å². The number of benzene rings is 2. The zero-order valence-corrected chi connectivity index (χ0v) is 13.3. The average Bonchev–Trinajstić information content (AvgIpc) is 2.48. The highest BCUT2D eigenvalue weighted by Crippen LogP contribution is 2.26. The number of hydrogen-bond acceptors (Lipinski definition) is 3. The highest BCUT2D eigenvalue weighted by atomic mass is 79.9. The fraction of sp³-hybridized carbons (Fsp3) is 0.250. The first kappa shape index (κ1) is 15.8. The molecule has 0 heterocycles. The van der Waals surface area contributed by atoms with Gasteiger partial charge in [0.25, 0.3) is 0 Å². The van der Waals surface area contributed by atoms with Crippen molar-refractivity contribution >= 4 is 15.9 Å². The van der Waals surface area contributed by atoms with Gasteiger partial charge in [-0.2, -0.15) is 0 Å². The number of para-hydroxylation sites is 1. The van der Waals surface area contributed by atoms with Crippen LogP contribution in [-0.2, 0) is 13.0 Å². The summed E-state index contributed by atoms with van der Waals surface area (Å²) in [6.45, 7) is 1.22. The lowest BCUT2D eigenvalue weighted by molar-refractivity contribution is 0.407. The molecule has 0 saturated carbocycles. The van der Waals surface area contributed by atoms with E-state index in [4.69, 9.17) is 4.74 Å². The normalized spacial score (nSPS) is 10.6. The first-order valence-electron chi connectivity index (χ1n) is 6.61. The van der Waals surface area contributed by atoms with E-state index in [9.17, 15) is 9.50 Å². The molecule has 0 radical (unpaired) electrons. The molecular formula is C16H17BrFNO2. The van der Waals surface area contributed by atoms with E-state index in [0.29, 0.717) is 29.7 Å². The minimum atomic E-state index is -0.300. The number of rotatable bonds is 6. The summed E-state index contributed by atoms with van der Waals surface area (Å²) in [4.78, 5) is 0. The van der Waals surface area contributed by atoms with Gasteiger partial charge in [-0.15, -0.1) is 0 Å². The van der Waals surface area contributed by atoms with Crippen LogP contribution < -0.4 is 10.1 Å². The molecule has 0 bridgehead atoms. The maximum Gasteiger partial charge on any atom is 0.137 e. The van der Waals surface area contributed by atoms with Crippen LogP contribution in [0.25, 0.3) is 0 Å². The van der Waals surface area contributed by atoms with Gasteiger partial charge in [0.05, 0.1) is 11.6 Å². The first-order chi connectivity index (χ1) is 10.1. The van der Waals surface area contributed by atoms with Crippen LogP contribution in [0.2, 0.25) is 0 Å². The molecular weight excluding hydrogens is 336 g/mol. The summed E-state index contributed by atoms with van der Waals surface area (Å²) in [5, 5.41) is 12.9. The Balaban J connectivity index is 1.92. The number of phenolic OH excluding ortho intramolecular Hbond substituents is 1. The zero-order chi connectivity index (χ0) is 15.2. The van der Waals surface area contributed by atoms with E-state index in [1.807, 2.05) is 12.1 Å². The molecule has 0 amide bonds. The van der Waals surface area contributed by atoms with E-state index in [1.165, 1.54) is 6.07 Å². The van der Waals surface area contributed by atoms with E-state index >= 15 is 0 Å². The standard InChI is InChI=1S/C16H17BrFNO2/c1-21-16-9-13(17)14(18)8-11(16)6-7-19-10-12-4-2-3-5-15(12)20/h2-5,8-9,19-20H,6-7,10H2,1H3/i18-1. The van der Waals surface area contributed by atoms with E-state index in [-0.39, 0.29) is 11.6 Å². The summed E-state index contributed by atoms with van der Waals surface area (Å²) < 4.78 is 19.2. The van der Waals surface area contributed by atoms with Gasteiger partial charge in [-0.1, -0.05) is 18.2 Å². The van der Waals surface area contributed by atoms with E-state index < -0.39 is 0 Å². The van der Waals surface area contributed by atoms with E-state index in [1.54, 1.807) is 25.3 Å². The molecule has 0 fully saturated rings. The molecule has 2 rings (SSSR count). The molecule has 0 aromatic heterocycles. The van der Waals surface area contributed by atoms with Gasteiger partial charge < -0.3 is 15.2 Å².